The van der Waals surface area contributed by atoms with Crippen LogP contribution in [0.3, 0.4) is 0 Å². The molecule has 4 rings (SSSR count). The highest BCUT2D eigenvalue weighted by atomic mass is 35.5. The fourth-order valence-corrected chi connectivity index (χ4v) is 4.97. The van der Waals surface area contributed by atoms with Gasteiger partial charge in [0.15, 0.2) is 16.4 Å². The highest BCUT2D eigenvalue weighted by Crippen LogP contribution is 2.33. The minimum Gasteiger partial charge on any atom is -0.467 e. The van der Waals surface area contributed by atoms with Crippen molar-refractivity contribution in [2.75, 3.05) is 12.4 Å². The summed E-state index contributed by atoms with van der Waals surface area (Å²) in [6, 6.07) is 16.4. The zero-order valence-electron chi connectivity index (χ0n) is 18.9. The van der Waals surface area contributed by atoms with Crippen LogP contribution < -0.4 is 0 Å². The lowest BCUT2D eigenvalue weighted by Crippen LogP contribution is -2.31. The van der Waals surface area contributed by atoms with Crippen LogP contribution in [-0.2, 0) is 24.2 Å². The molecule has 0 N–H and O–H groups in total. The molecular formula is C25H23ClN2O6S. The molecule has 0 saturated heterocycles. The molecule has 2 aromatic carbocycles. The molecular weight excluding hydrogens is 492 g/mol. The smallest absolute Gasteiger partial charge is 0.307 e. The lowest BCUT2D eigenvalue weighted by Gasteiger charge is -2.19. The van der Waals surface area contributed by atoms with E-state index in [4.69, 9.17) is 20.8 Å². The molecule has 0 aliphatic carbocycles. The zero-order chi connectivity index (χ0) is 25.0. The number of nitrogens with zero attached hydrogens (tertiary/aromatic N) is 2. The first-order chi connectivity index (χ1) is 16.7. The third kappa shape index (κ3) is 5.98. The van der Waals surface area contributed by atoms with Crippen LogP contribution in [0.25, 0.3) is 0 Å². The molecule has 0 spiro atoms. The second kappa shape index (κ2) is 10.5. The van der Waals surface area contributed by atoms with Crippen LogP contribution in [0.1, 0.15) is 35.8 Å². The number of rotatable bonds is 8. The summed E-state index contributed by atoms with van der Waals surface area (Å²) >= 11 is 5.97. The molecule has 0 radical (unpaired) electrons. The van der Waals surface area contributed by atoms with Gasteiger partial charge in [-0.1, -0.05) is 41.4 Å². The Morgan fingerprint density at radius 1 is 1.11 bits per heavy atom. The summed E-state index contributed by atoms with van der Waals surface area (Å²) in [4.78, 5) is 25.2. The van der Waals surface area contributed by atoms with E-state index >= 15 is 0 Å². The van der Waals surface area contributed by atoms with Gasteiger partial charge in [-0.15, -0.1) is 0 Å². The Kier molecular flexibility index (Phi) is 7.37. The molecule has 1 unspecified atom stereocenters. The first-order valence-electron chi connectivity index (χ1n) is 10.9. The fourth-order valence-electron chi connectivity index (χ4n) is 3.62. The average molecular weight is 515 g/mol. The number of amides is 1. The number of hydrazone groups is 1. The van der Waals surface area contributed by atoms with Gasteiger partial charge in [-0.2, -0.15) is 5.10 Å². The zero-order valence-corrected chi connectivity index (χ0v) is 20.5. The van der Waals surface area contributed by atoms with Crippen LogP contribution in [-0.4, -0.2) is 43.4 Å². The van der Waals surface area contributed by atoms with E-state index in [-0.39, 0.29) is 11.3 Å². The summed E-state index contributed by atoms with van der Waals surface area (Å²) in [6.07, 6.45) is 1.54. The monoisotopic (exact) mass is 514 g/mol. The van der Waals surface area contributed by atoms with E-state index < -0.39 is 40.1 Å². The Morgan fingerprint density at radius 2 is 1.83 bits per heavy atom. The summed E-state index contributed by atoms with van der Waals surface area (Å²) in [7, 11) is -3.65. The summed E-state index contributed by atoms with van der Waals surface area (Å²) in [5.41, 5.74) is 2.39. The van der Waals surface area contributed by atoms with E-state index in [2.05, 4.69) is 5.10 Å². The van der Waals surface area contributed by atoms with Crippen molar-refractivity contribution >= 4 is 39.0 Å². The molecule has 0 fully saturated rings. The summed E-state index contributed by atoms with van der Waals surface area (Å²) < 4.78 is 35.5. The van der Waals surface area contributed by atoms with Gasteiger partial charge in [-0.05, 0) is 48.9 Å². The quantitative estimate of drug-likeness (QED) is 0.414. The maximum atomic E-state index is 12.9. The van der Waals surface area contributed by atoms with Crippen molar-refractivity contribution in [1.29, 1.82) is 0 Å². The molecule has 182 valence electrons. The van der Waals surface area contributed by atoms with Gasteiger partial charge in [0, 0.05) is 11.4 Å². The summed E-state index contributed by atoms with van der Waals surface area (Å²) in [5, 5.41) is 6.26. The molecule has 8 nitrogen and oxygen atoms in total. The van der Waals surface area contributed by atoms with Crippen LogP contribution in [0, 0.1) is 6.92 Å². The molecule has 1 atom stereocenters. The van der Waals surface area contributed by atoms with Crippen molar-refractivity contribution in [1.82, 2.24) is 5.01 Å². The van der Waals surface area contributed by atoms with E-state index in [1.807, 2.05) is 19.1 Å². The van der Waals surface area contributed by atoms with Gasteiger partial charge in [-0.25, -0.2) is 13.4 Å². The number of aryl methyl sites for hydroxylation is 1. The lowest BCUT2D eigenvalue weighted by molar-refractivity contribution is -0.152. The number of hydrogen-bond donors (Lipinski definition) is 0. The van der Waals surface area contributed by atoms with Crippen LogP contribution in [0.15, 0.2) is 81.3 Å². The van der Waals surface area contributed by atoms with Crippen LogP contribution in [0.5, 0.6) is 0 Å². The molecule has 1 aliphatic rings. The van der Waals surface area contributed by atoms with Gasteiger partial charge in [0.1, 0.15) is 11.8 Å². The van der Waals surface area contributed by atoms with Gasteiger partial charge in [0.05, 0.1) is 29.0 Å². The largest absolute Gasteiger partial charge is 0.467 e. The first-order valence-corrected chi connectivity index (χ1v) is 12.9. The van der Waals surface area contributed by atoms with Crippen molar-refractivity contribution in [3.8, 4) is 0 Å². The Morgan fingerprint density at radius 3 is 2.49 bits per heavy atom. The van der Waals surface area contributed by atoms with E-state index in [1.54, 1.807) is 36.4 Å². The van der Waals surface area contributed by atoms with Crippen molar-refractivity contribution in [3.05, 3.63) is 88.8 Å². The van der Waals surface area contributed by atoms with Crippen molar-refractivity contribution in [3.63, 3.8) is 0 Å². The molecule has 2 heterocycles. The fraction of sp³-hybridized carbons (Fsp3) is 0.240. The third-order valence-electron chi connectivity index (χ3n) is 5.53. The number of ether oxygens (including phenoxy) is 1. The molecule has 10 heteroatoms. The van der Waals surface area contributed by atoms with E-state index in [0.717, 1.165) is 11.1 Å². The number of benzene rings is 2. The van der Waals surface area contributed by atoms with E-state index in [0.29, 0.717) is 22.9 Å². The topological polar surface area (TPSA) is 106 Å². The SMILES string of the molecule is Cc1ccc(S(=O)(=O)CCC(=O)OCC(=O)N2N=C(c3ccc(Cl)cc3)CC2c2ccco2)cc1. The number of halogens is 1. The number of carbonyl (C=O) groups is 2. The van der Waals surface area contributed by atoms with Crippen molar-refractivity contribution < 1.29 is 27.2 Å². The van der Waals surface area contributed by atoms with Crippen molar-refractivity contribution in [2.45, 2.75) is 30.7 Å². The predicted octanol–water partition coefficient (Wildman–Crippen LogP) is 4.33. The van der Waals surface area contributed by atoms with Crippen LogP contribution in [0.4, 0.5) is 0 Å². The predicted molar refractivity (Wildman–Crippen MR) is 130 cm³/mol. The van der Waals surface area contributed by atoms with E-state index in [1.165, 1.54) is 23.4 Å². The van der Waals surface area contributed by atoms with Gasteiger partial charge in [-0.3, -0.25) is 9.59 Å². The molecule has 0 saturated carbocycles. The number of hydrogen-bond acceptors (Lipinski definition) is 7. The molecule has 35 heavy (non-hydrogen) atoms. The second-order valence-electron chi connectivity index (χ2n) is 8.07. The molecule has 0 bridgehead atoms. The highest BCUT2D eigenvalue weighted by Gasteiger charge is 2.35. The minimum atomic E-state index is -3.65. The normalized spacial score (nSPS) is 15.7. The lowest BCUT2D eigenvalue weighted by atomic mass is 10.0. The maximum absolute atomic E-state index is 12.9. The van der Waals surface area contributed by atoms with Crippen molar-refractivity contribution in [2.24, 2.45) is 5.10 Å². The summed E-state index contributed by atoms with van der Waals surface area (Å²) in [6.45, 7) is 1.28. The number of carbonyl (C=O) groups excluding carboxylic acids is 2. The number of furan rings is 1. The molecule has 1 aromatic heterocycles. The molecule has 1 aliphatic heterocycles. The van der Waals surface area contributed by atoms with Crippen LogP contribution >= 0.6 is 11.6 Å². The molecule has 3 aromatic rings. The van der Waals surface area contributed by atoms with Gasteiger partial charge >= 0.3 is 5.97 Å². The van der Waals surface area contributed by atoms with Gasteiger partial charge in [0.25, 0.3) is 5.91 Å². The molecule has 1 amide bonds. The number of sulfone groups is 1. The third-order valence-corrected chi connectivity index (χ3v) is 7.51. The number of esters is 1. The summed E-state index contributed by atoms with van der Waals surface area (Å²) in [5.74, 6) is -1.21. The Labute approximate surface area is 208 Å². The standard InChI is InChI=1S/C25H23ClN2O6S/c1-17-4-10-20(11-5-17)35(31,32)14-12-25(30)34-16-24(29)28-22(23-3-2-13-33-23)15-21(27-28)18-6-8-19(26)9-7-18/h2-11,13,22H,12,14-16H2,1H3. The Balaban J connectivity index is 1.39. The highest BCUT2D eigenvalue weighted by molar-refractivity contribution is 7.91. The minimum absolute atomic E-state index is 0.134. The Bertz CT molecular complexity index is 1330. The first kappa shape index (κ1) is 24.7. The van der Waals surface area contributed by atoms with Gasteiger partial charge in [0.2, 0.25) is 0 Å². The maximum Gasteiger partial charge on any atom is 0.307 e. The second-order valence-corrected chi connectivity index (χ2v) is 10.6. The van der Waals surface area contributed by atoms with Gasteiger partial charge < -0.3 is 9.15 Å². The Hall–Kier alpha value is -3.43. The average Bonchev–Trinajstić information content (AvgIpc) is 3.52. The van der Waals surface area contributed by atoms with E-state index in [9.17, 15) is 18.0 Å². The van der Waals surface area contributed by atoms with Crippen LogP contribution in [0.2, 0.25) is 5.02 Å².